The average Bonchev–Trinajstić information content (AvgIpc) is 2.34. The lowest BCUT2D eigenvalue weighted by Gasteiger charge is -2.14. The molecule has 0 saturated heterocycles. The summed E-state index contributed by atoms with van der Waals surface area (Å²) in [6.45, 7) is 4.26. The van der Waals surface area contributed by atoms with Crippen LogP contribution in [-0.2, 0) is 6.42 Å². The third-order valence-electron chi connectivity index (χ3n) is 3.24. The monoisotopic (exact) mass is 303 g/mol. The van der Waals surface area contributed by atoms with E-state index in [0.29, 0.717) is 0 Å². The molecule has 1 atom stereocenters. The largest absolute Gasteiger partial charge is 0.324 e. The second kappa shape index (κ2) is 5.68. The highest BCUT2D eigenvalue weighted by molar-refractivity contribution is 9.10. The van der Waals surface area contributed by atoms with E-state index in [1.165, 1.54) is 22.3 Å². The molecule has 0 aliphatic carbocycles. The second-order valence-electron chi connectivity index (χ2n) is 4.79. The Labute approximate surface area is 117 Å². The number of benzene rings is 2. The first-order valence-electron chi connectivity index (χ1n) is 6.13. The van der Waals surface area contributed by atoms with Crippen molar-refractivity contribution in [3.8, 4) is 0 Å². The SMILES string of the molecule is Cc1ccc(C)c(CC(N)c2ccc(Br)cc2)c1. The second-order valence-corrected chi connectivity index (χ2v) is 5.71. The fraction of sp³-hybridized carbons (Fsp3) is 0.250. The first-order valence-corrected chi connectivity index (χ1v) is 6.93. The third-order valence-corrected chi connectivity index (χ3v) is 3.77. The van der Waals surface area contributed by atoms with E-state index in [1.807, 2.05) is 12.1 Å². The standard InChI is InChI=1S/C16H18BrN/c1-11-3-4-12(2)14(9-11)10-16(18)13-5-7-15(17)8-6-13/h3-9,16H,10,18H2,1-2H3. The molecule has 0 heterocycles. The fourth-order valence-electron chi connectivity index (χ4n) is 2.08. The van der Waals surface area contributed by atoms with Crippen molar-refractivity contribution in [3.63, 3.8) is 0 Å². The molecule has 18 heavy (non-hydrogen) atoms. The molecule has 94 valence electrons. The highest BCUT2D eigenvalue weighted by Gasteiger charge is 2.09. The van der Waals surface area contributed by atoms with Crippen molar-refractivity contribution in [2.75, 3.05) is 0 Å². The molecule has 2 aromatic carbocycles. The van der Waals surface area contributed by atoms with Crippen LogP contribution < -0.4 is 5.73 Å². The smallest absolute Gasteiger partial charge is 0.0335 e. The van der Waals surface area contributed by atoms with Gasteiger partial charge in [0.2, 0.25) is 0 Å². The molecule has 0 aliphatic heterocycles. The summed E-state index contributed by atoms with van der Waals surface area (Å²) in [7, 11) is 0. The highest BCUT2D eigenvalue weighted by atomic mass is 79.9. The molecule has 2 aromatic rings. The Morgan fingerprint density at radius 2 is 1.72 bits per heavy atom. The van der Waals surface area contributed by atoms with Crippen LogP contribution in [0.1, 0.15) is 28.3 Å². The summed E-state index contributed by atoms with van der Waals surface area (Å²) in [5, 5.41) is 0. The summed E-state index contributed by atoms with van der Waals surface area (Å²) >= 11 is 3.44. The quantitative estimate of drug-likeness (QED) is 0.898. The number of hydrogen-bond acceptors (Lipinski definition) is 1. The molecule has 2 rings (SSSR count). The van der Waals surface area contributed by atoms with Crippen LogP contribution in [0.4, 0.5) is 0 Å². The van der Waals surface area contributed by atoms with Crippen molar-refractivity contribution < 1.29 is 0 Å². The van der Waals surface area contributed by atoms with E-state index in [-0.39, 0.29) is 6.04 Å². The predicted molar refractivity (Wildman–Crippen MR) is 80.7 cm³/mol. The van der Waals surface area contributed by atoms with Crippen molar-refractivity contribution in [2.24, 2.45) is 5.73 Å². The van der Waals surface area contributed by atoms with Gasteiger partial charge in [-0.25, -0.2) is 0 Å². The molecule has 0 aliphatic rings. The van der Waals surface area contributed by atoms with Gasteiger partial charge >= 0.3 is 0 Å². The maximum atomic E-state index is 6.28. The van der Waals surface area contributed by atoms with Crippen LogP contribution in [0.25, 0.3) is 0 Å². The lowest BCUT2D eigenvalue weighted by molar-refractivity contribution is 0.718. The molecule has 0 spiro atoms. The zero-order valence-corrected chi connectivity index (χ0v) is 12.4. The zero-order valence-electron chi connectivity index (χ0n) is 10.8. The molecular weight excluding hydrogens is 286 g/mol. The van der Waals surface area contributed by atoms with E-state index in [9.17, 15) is 0 Å². The van der Waals surface area contributed by atoms with E-state index >= 15 is 0 Å². The first kappa shape index (κ1) is 13.3. The summed E-state index contributed by atoms with van der Waals surface area (Å²) in [4.78, 5) is 0. The molecule has 2 N–H and O–H groups in total. The Kier molecular flexibility index (Phi) is 4.20. The molecule has 2 heteroatoms. The van der Waals surface area contributed by atoms with E-state index in [0.717, 1.165) is 10.9 Å². The van der Waals surface area contributed by atoms with Gasteiger partial charge in [-0.15, -0.1) is 0 Å². The summed E-state index contributed by atoms with van der Waals surface area (Å²) in [6.07, 6.45) is 0.884. The first-order chi connectivity index (χ1) is 8.56. The minimum absolute atomic E-state index is 0.0543. The van der Waals surface area contributed by atoms with Crippen LogP contribution in [-0.4, -0.2) is 0 Å². The van der Waals surface area contributed by atoms with Crippen molar-refractivity contribution in [2.45, 2.75) is 26.3 Å². The van der Waals surface area contributed by atoms with Gasteiger partial charge in [0, 0.05) is 10.5 Å². The van der Waals surface area contributed by atoms with Crippen LogP contribution in [0.15, 0.2) is 46.9 Å². The number of rotatable bonds is 3. The van der Waals surface area contributed by atoms with Crippen LogP contribution in [0.2, 0.25) is 0 Å². The Bertz CT molecular complexity index is 531. The Morgan fingerprint density at radius 3 is 2.39 bits per heavy atom. The molecule has 0 saturated carbocycles. The molecule has 0 radical (unpaired) electrons. The molecule has 0 aromatic heterocycles. The minimum atomic E-state index is 0.0543. The van der Waals surface area contributed by atoms with Crippen molar-refractivity contribution in [3.05, 3.63) is 69.2 Å². The van der Waals surface area contributed by atoms with Gasteiger partial charge in [0.05, 0.1) is 0 Å². The summed E-state index contributed by atoms with van der Waals surface area (Å²) < 4.78 is 1.09. The number of halogens is 1. The minimum Gasteiger partial charge on any atom is -0.324 e. The topological polar surface area (TPSA) is 26.0 Å². The van der Waals surface area contributed by atoms with Crippen molar-refractivity contribution in [1.82, 2.24) is 0 Å². The predicted octanol–water partition coefficient (Wildman–Crippen LogP) is 4.31. The van der Waals surface area contributed by atoms with E-state index in [1.54, 1.807) is 0 Å². The maximum absolute atomic E-state index is 6.28. The normalized spacial score (nSPS) is 12.4. The van der Waals surface area contributed by atoms with Crippen molar-refractivity contribution >= 4 is 15.9 Å². The Balaban J connectivity index is 2.18. The van der Waals surface area contributed by atoms with Crippen LogP contribution >= 0.6 is 15.9 Å². The summed E-state index contributed by atoms with van der Waals surface area (Å²) in [5.41, 5.74) is 11.4. The molecule has 1 nitrogen and oxygen atoms in total. The van der Waals surface area contributed by atoms with Gasteiger partial charge < -0.3 is 5.73 Å². The van der Waals surface area contributed by atoms with Gasteiger partial charge in [-0.05, 0) is 49.1 Å². The maximum Gasteiger partial charge on any atom is 0.0335 e. The van der Waals surface area contributed by atoms with Crippen LogP contribution in [0.3, 0.4) is 0 Å². The number of nitrogens with two attached hydrogens (primary N) is 1. The van der Waals surface area contributed by atoms with Gasteiger partial charge in [0.1, 0.15) is 0 Å². The molecule has 0 amide bonds. The Hall–Kier alpha value is -1.12. The number of aryl methyl sites for hydroxylation is 2. The van der Waals surface area contributed by atoms with E-state index in [2.05, 4.69) is 60.1 Å². The van der Waals surface area contributed by atoms with Gasteiger partial charge in [-0.3, -0.25) is 0 Å². The average molecular weight is 304 g/mol. The van der Waals surface area contributed by atoms with E-state index < -0.39 is 0 Å². The van der Waals surface area contributed by atoms with Gasteiger partial charge in [-0.1, -0.05) is 51.8 Å². The van der Waals surface area contributed by atoms with Gasteiger partial charge in [0.25, 0.3) is 0 Å². The van der Waals surface area contributed by atoms with Gasteiger partial charge in [0.15, 0.2) is 0 Å². The van der Waals surface area contributed by atoms with Crippen LogP contribution in [0, 0.1) is 13.8 Å². The fourth-order valence-corrected chi connectivity index (χ4v) is 2.35. The van der Waals surface area contributed by atoms with E-state index in [4.69, 9.17) is 5.73 Å². The summed E-state index contributed by atoms with van der Waals surface area (Å²) in [5.74, 6) is 0. The zero-order chi connectivity index (χ0) is 13.1. The van der Waals surface area contributed by atoms with Crippen molar-refractivity contribution in [1.29, 1.82) is 0 Å². The van der Waals surface area contributed by atoms with Crippen LogP contribution in [0.5, 0.6) is 0 Å². The van der Waals surface area contributed by atoms with Gasteiger partial charge in [-0.2, -0.15) is 0 Å². The molecule has 0 fully saturated rings. The molecule has 1 unspecified atom stereocenters. The Morgan fingerprint density at radius 1 is 1.06 bits per heavy atom. The molecule has 0 bridgehead atoms. The number of hydrogen-bond donors (Lipinski definition) is 1. The summed E-state index contributed by atoms with van der Waals surface area (Å²) in [6, 6.07) is 14.8. The highest BCUT2D eigenvalue weighted by Crippen LogP contribution is 2.21. The third kappa shape index (κ3) is 3.21. The lowest BCUT2D eigenvalue weighted by Crippen LogP contribution is -2.14. The molecular formula is C16H18BrN. The lowest BCUT2D eigenvalue weighted by atomic mass is 9.95.